The van der Waals surface area contributed by atoms with Gasteiger partial charge in [-0.05, 0) is 60.7 Å². The van der Waals surface area contributed by atoms with E-state index in [1.807, 2.05) is 42.5 Å². The van der Waals surface area contributed by atoms with Crippen LogP contribution in [0.4, 0.5) is 0 Å². The minimum Gasteiger partial charge on any atom is -0.482 e. The number of nitrogens with zero attached hydrogens (tertiary/aromatic N) is 1. The molecule has 1 saturated carbocycles. The highest BCUT2D eigenvalue weighted by atomic mass is 79.9. The summed E-state index contributed by atoms with van der Waals surface area (Å²) in [4.78, 5) is 27.8. The topological polar surface area (TPSA) is 77.1 Å². The molecule has 3 aliphatic rings. The van der Waals surface area contributed by atoms with Gasteiger partial charge in [-0.2, -0.15) is 0 Å². The fourth-order valence-corrected chi connectivity index (χ4v) is 4.99. The first-order valence-electron chi connectivity index (χ1n) is 11.2. The number of hydrogen-bond acceptors (Lipinski definition) is 5. The van der Waals surface area contributed by atoms with E-state index in [1.54, 1.807) is 11.0 Å². The largest absolute Gasteiger partial charge is 0.482 e. The second-order valence-electron chi connectivity index (χ2n) is 8.47. The first-order valence-corrected chi connectivity index (χ1v) is 12.0. The third-order valence-electron chi connectivity index (χ3n) is 6.21. The van der Waals surface area contributed by atoms with E-state index in [4.69, 9.17) is 14.2 Å². The zero-order valence-electron chi connectivity index (χ0n) is 18.1. The van der Waals surface area contributed by atoms with Crippen molar-refractivity contribution in [1.82, 2.24) is 10.2 Å². The molecule has 172 valence electrons. The molecular formula is C25H25BrN2O5. The summed E-state index contributed by atoms with van der Waals surface area (Å²) in [5.41, 5.74) is 1.78. The van der Waals surface area contributed by atoms with Gasteiger partial charge < -0.3 is 24.4 Å². The molecule has 2 aromatic rings. The number of carbonyl (C=O) groups is 2. The first kappa shape index (κ1) is 21.8. The lowest BCUT2D eigenvalue weighted by Crippen LogP contribution is -2.57. The maximum absolute atomic E-state index is 13.3. The fourth-order valence-electron chi connectivity index (χ4n) is 4.57. The highest BCUT2D eigenvalue weighted by Crippen LogP contribution is 2.34. The summed E-state index contributed by atoms with van der Waals surface area (Å²) in [6, 6.07) is 13.2. The van der Waals surface area contributed by atoms with Gasteiger partial charge in [-0.1, -0.05) is 40.5 Å². The van der Waals surface area contributed by atoms with E-state index in [2.05, 4.69) is 21.2 Å². The molecule has 2 amide bonds. The van der Waals surface area contributed by atoms with Gasteiger partial charge in [0.2, 0.25) is 12.7 Å². The van der Waals surface area contributed by atoms with Crippen molar-refractivity contribution in [1.29, 1.82) is 0 Å². The van der Waals surface area contributed by atoms with Gasteiger partial charge in [-0.15, -0.1) is 0 Å². The number of nitrogens with one attached hydrogen (secondary N) is 1. The molecule has 2 fully saturated rings. The lowest BCUT2D eigenvalue weighted by Gasteiger charge is -2.44. The van der Waals surface area contributed by atoms with Crippen LogP contribution in [0.15, 0.2) is 52.7 Å². The minimum atomic E-state index is -0.239. The summed E-state index contributed by atoms with van der Waals surface area (Å²) in [6.45, 7) is 0.565. The van der Waals surface area contributed by atoms with Crippen LogP contribution in [0.5, 0.6) is 11.5 Å². The molecule has 0 spiro atoms. The number of amides is 2. The number of ether oxygens (including phenoxy) is 3. The smallest absolute Gasteiger partial charge is 0.289 e. The van der Waals surface area contributed by atoms with Crippen molar-refractivity contribution < 1.29 is 23.8 Å². The maximum atomic E-state index is 13.3. The van der Waals surface area contributed by atoms with Crippen LogP contribution < -0.4 is 14.8 Å². The average Bonchev–Trinajstić information content (AvgIpc) is 3.28. The van der Waals surface area contributed by atoms with Crippen LogP contribution in [0.1, 0.15) is 36.8 Å². The predicted octanol–water partition coefficient (Wildman–Crippen LogP) is 4.01. The van der Waals surface area contributed by atoms with E-state index >= 15 is 0 Å². The Balaban J connectivity index is 1.29. The number of benzene rings is 2. The van der Waals surface area contributed by atoms with Crippen molar-refractivity contribution >= 4 is 33.8 Å². The van der Waals surface area contributed by atoms with Gasteiger partial charge in [0.25, 0.3) is 5.91 Å². The van der Waals surface area contributed by atoms with E-state index in [0.717, 1.165) is 41.3 Å². The highest BCUT2D eigenvalue weighted by molar-refractivity contribution is 9.10. The quantitative estimate of drug-likeness (QED) is 0.612. The Bertz CT molecular complexity index is 1100. The second kappa shape index (κ2) is 9.47. The number of morpholine rings is 1. The summed E-state index contributed by atoms with van der Waals surface area (Å²) < 4.78 is 17.8. The van der Waals surface area contributed by atoms with Crippen molar-refractivity contribution in [3.63, 3.8) is 0 Å². The van der Waals surface area contributed by atoms with Crippen LogP contribution in [0.25, 0.3) is 6.08 Å². The number of fused-ring (bicyclic) bond motifs is 2. The van der Waals surface area contributed by atoms with E-state index in [1.165, 1.54) is 0 Å². The van der Waals surface area contributed by atoms with Gasteiger partial charge in [-0.3, -0.25) is 9.59 Å². The molecule has 8 heteroatoms. The predicted molar refractivity (Wildman–Crippen MR) is 125 cm³/mol. The zero-order chi connectivity index (χ0) is 22.8. The molecule has 0 bridgehead atoms. The summed E-state index contributed by atoms with van der Waals surface area (Å²) >= 11 is 3.46. The van der Waals surface area contributed by atoms with Crippen molar-refractivity contribution in [2.24, 2.45) is 0 Å². The molecule has 0 radical (unpaired) electrons. The van der Waals surface area contributed by atoms with Crippen molar-refractivity contribution in [3.05, 3.63) is 63.8 Å². The molecule has 2 aliphatic heterocycles. The maximum Gasteiger partial charge on any atom is 0.289 e. The molecule has 33 heavy (non-hydrogen) atoms. The summed E-state index contributed by atoms with van der Waals surface area (Å²) in [7, 11) is 0. The Morgan fingerprint density at radius 2 is 1.97 bits per heavy atom. The Kier molecular flexibility index (Phi) is 6.26. The van der Waals surface area contributed by atoms with Crippen molar-refractivity contribution in [2.45, 2.75) is 44.4 Å². The van der Waals surface area contributed by atoms with Crippen LogP contribution in [-0.4, -0.2) is 42.2 Å². The van der Waals surface area contributed by atoms with Crippen molar-refractivity contribution in [2.75, 3.05) is 13.3 Å². The lowest BCUT2D eigenvalue weighted by molar-refractivity contribution is -0.151. The van der Waals surface area contributed by atoms with E-state index < -0.39 is 0 Å². The van der Waals surface area contributed by atoms with Gasteiger partial charge in [-0.25, -0.2) is 0 Å². The lowest BCUT2D eigenvalue weighted by atomic mass is 9.89. The number of halogens is 1. The SMILES string of the molecule is O=C(CN1C(=O)/C(=C\c2cccc(Br)c2)OC2CCCCC21)NCc1ccc2c(c1)OCO2. The van der Waals surface area contributed by atoms with E-state index in [0.29, 0.717) is 23.8 Å². The molecule has 2 aromatic carbocycles. The molecule has 1 N–H and O–H groups in total. The Labute approximate surface area is 200 Å². The van der Waals surface area contributed by atoms with Gasteiger partial charge in [0, 0.05) is 11.0 Å². The van der Waals surface area contributed by atoms with Crippen LogP contribution in [0.2, 0.25) is 0 Å². The van der Waals surface area contributed by atoms with Gasteiger partial charge in [0.05, 0.1) is 6.04 Å². The number of hydrogen-bond donors (Lipinski definition) is 1. The average molecular weight is 513 g/mol. The second-order valence-corrected chi connectivity index (χ2v) is 9.38. The monoisotopic (exact) mass is 512 g/mol. The third-order valence-corrected chi connectivity index (χ3v) is 6.70. The summed E-state index contributed by atoms with van der Waals surface area (Å²) in [5, 5.41) is 2.93. The molecule has 5 rings (SSSR count). The Morgan fingerprint density at radius 3 is 2.85 bits per heavy atom. The third kappa shape index (κ3) is 4.85. The molecule has 2 atom stereocenters. The number of carbonyl (C=O) groups excluding carboxylic acids is 2. The molecule has 0 aromatic heterocycles. The molecule has 7 nitrogen and oxygen atoms in total. The van der Waals surface area contributed by atoms with Crippen molar-refractivity contribution in [3.8, 4) is 11.5 Å². The standard InChI is InChI=1S/C25H25BrN2O5/c26-18-5-3-4-16(10-18)11-23-25(30)28(19-6-1-2-7-20(19)33-23)14-24(29)27-13-17-8-9-21-22(12-17)32-15-31-21/h3-5,8-12,19-20H,1-2,6-7,13-15H2,(H,27,29)/b23-11+. The molecular weight excluding hydrogens is 488 g/mol. The first-order chi connectivity index (χ1) is 16.1. The molecule has 2 unspecified atom stereocenters. The van der Waals surface area contributed by atoms with Crippen LogP contribution in [0.3, 0.4) is 0 Å². The van der Waals surface area contributed by atoms with E-state index in [-0.39, 0.29) is 37.3 Å². The minimum absolute atomic E-state index is 0.00371. The Hall–Kier alpha value is -3.00. The molecule has 1 aliphatic carbocycles. The summed E-state index contributed by atoms with van der Waals surface area (Å²) in [6.07, 6.45) is 5.48. The highest BCUT2D eigenvalue weighted by Gasteiger charge is 2.42. The summed E-state index contributed by atoms with van der Waals surface area (Å²) in [5.74, 6) is 1.24. The molecule has 2 heterocycles. The van der Waals surface area contributed by atoms with Crippen LogP contribution >= 0.6 is 15.9 Å². The molecule has 1 saturated heterocycles. The van der Waals surface area contributed by atoms with Crippen LogP contribution in [0, 0.1) is 0 Å². The van der Waals surface area contributed by atoms with Gasteiger partial charge in [0.15, 0.2) is 17.3 Å². The van der Waals surface area contributed by atoms with E-state index in [9.17, 15) is 9.59 Å². The van der Waals surface area contributed by atoms with Gasteiger partial charge >= 0.3 is 0 Å². The van der Waals surface area contributed by atoms with Gasteiger partial charge in [0.1, 0.15) is 12.6 Å². The fraction of sp³-hybridized carbons (Fsp3) is 0.360. The zero-order valence-corrected chi connectivity index (χ0v) is 19.7. The Morgan fingerprint density at radius 1 is 1.12 bits per heavy atom. The number of rotatable bonds is 5. The normalized spacial score (nSPS) is 22.6. The van der Waals surface area contributed by atoms with Crippen LogP contribution in [-0.2, 0) is 20.9 Å².